The molecule has 0 spiro atoms. The smallest absolute Gasteiger partial charge is 0.230 e. The minimum absolute atomic E-state index is 0.0274. The summed E-state index contributed by atoms with van der Waals surface area (Å²) < 4.78 is 0. The molecule has 1 aromatic heterocycles. The van der Waals surface area contributed by atoms with Gasteiger partial charge in [-0.05, 0) is 50.1 Å². The molecule has 3 aromatic rings. The molecule has 5 heteroatoms. The van der Waals surface area contributed by atoms with Crippen LogP contribution >= 0.6 is 11.3 Å². The second-order valence-corrected chi connectivity index (χ2v) is 8.24. The number of aromatic hydroxyl groups is 1. The van der Waals surface area contributed by atoms with E-state index in [9.17, 15) is 14.7 Å². The van der Waals surface area contributed by atoms with Crippen LogP contribution in [0.3, 0.4) is 0 Å². The van der Waals surface area contributed by atoms with Gasteiger partial charge in [0, 0.05) is 17.0 Å². The number of nitrogens with one attached hydrogen (secondary N) is 1. The van der Waals surface area contributed by atoms with Gasteiger partial charge >= 0.3 is 0 Å². The van der Waals surface area contributed by atoms with Gasteiger partial charge in [-0.2, -0.15) is 0 Å². The molecule has 1 amide bonds. The van der Waals surface area contributed by atoms with Crippen LogP contribution in [0.4, 0.5) is 0 Å². The van der Waals surface area contributed by atoms with E-state index in [0.29, 0.717) is 23.4 Å². The second-order valence-electron chi connectivity index (χ2n) is 7.16. The molecule has 0 aliphatic heterocycles. The zero-order valence-electron chi connectivity index (χ0n) is 15.9. The summed E-state index contributed by atoms with van der Waals surface area (Å²) in [5.41, 5.74) is 0.962. The highest BCUT2D eigenvalue weighted by atomic mass is 32.1. The molecule has 4 nitrogen and oxygen atoms in total. The maximum Gasteiger partial charge on any atom is 0.230 e. The molecule has 0 aliphatic rings. The fourth-order valence-corrected chi connectivity index (χ4v) is 3.91. The first-order valence-electron chi connectivity index (χ1n) is 9.14. The molecule has 0 radical (unpaired) electrons. The van der Waals surface area contributed by atoms with E-state index in [0.717, 1.165) is 10.4 Å². The molecule has 1 heterocycles. The molecule has 0 saturated carbocycles. The van der Waals surface area contributed by atoms with Crippen molar-refractivity contribution in [3.63, 3.8) is 0 Å². The molecule has 0 unspecified atom stereocenters. The summed E-state index contributed by atoms with van der Waals surface area (Å²) in [6.07, 6.45) is 0.685. The molecule has 2 aromatic carbocycles. The molecular weight excluding hydrogens is 370 g/mol. The first-order valence-corrected chi connectivity index (χ1v) is 9.96. The third-order valence-electron chi connectivity index (χ3n) is 4.68. The third kappa shape index (κ3) is 4.49. The summed E-state index contributed by atoms with van der Waals surface area (Å²) in [5.74, 6) is 0.125. The van der Waals surface area contributed by atoms with Gasteiger partial charge in [0.05, 0.1) is 10.3 Å². The predicted octanol–water partition coefficient (Wildman–Crippen LogP) is 4.32. The number of carbonyl (C=O) groups is 2. The van der Waals surface area contributed by atoms with Crippen LogP contribution in [0.1, 0.15) is 39.5 Å². The van der Waals surface area contributed by atoms with Crippen LogP contribution in [0.2, 0.25) is 0 Å². The molecule has 2 N–H and O–H groups in total. The number of ketones is 1. The number of rotatable bonds is 7. The van der Waals surface area contributed by atoms with Gasteiger partial charge < -0.3 is 10.4 Å². The molecular formula is C23H23NO3S. The number of amides is 1. The average Bonchev–Trinajstić information content (AvgIpc) is 3.20. The lowest BCUT2D eigenvalue weighted by atomic mass is 9.90. The first-order chi connectivity index (χ1) is 13.4. The number of phenols is 1. The summed E-state index contributed by atoms with van der Waals surface area (Å²) in [4.78, 5) is 26.8. The predicted molar refractivity (Wildman–Crippen MR) is 112 cm³/mol. The lowest BCUT2D eigenvalue weighted by Crippen LogP contribution is -2.40. The van der Waals surface area contributed by atoms with Gasteiger partial charge in [-0.3, -0.25) is 9.59 Å². The minimum atomic E-state index is -0.727. The van der Waals surface area contributed by atoms with Gasteiger partial charge in [-0.15, -0.1) is 11.3 Å². The summed E-state index contributed by atoms with van der Waals surface area (Å²) in [6.45, 7) is 4.24. The highest BCUT2D eigenvalue weighted by Gasteiger charge is 2.31. The van der Waals surface area contributed by atoms with E-state index in [4.69, 9.17) is 0 Å². The second kappa shape index (κ2) is 8.40. The SMILES string of the molecule is CC(C)(C(=O)NCCc1ccc(O)cc1)c1ccc(C(=O)c2ccccc2)s1. The van der Waals surface area contributed by atoms with Crippen LogP contribution in [-0.4, -0.2) is 23.3 Å². The maximum absolute atomic E-state index is 12.7. The van der Waals surface area contributed by atoms with Crippen LogP contribution in [0.15, 0.2) is 66.7 Å². The van der Waals surface area contributed by atoms with E-state index in [-0.39, 0.29) is 17.4 Å². The first kappa shape index (κ1) is 19.8. The third-order valence-corrected chi connectivity index (χ3v) is 6.09. The monoisotopic (exact) mass is 393 g/mol. The van der Waals surface area contributed by atoms with E-state index in [1.807, 2.05) is 50.2 Å². The van der Waals surface area contributed by atoms with Gasteiger partial charge in [0.1, 0.15) is 5.75 Å². The van der Waals surface area contributed by atoms with Crippen LogP contribution in [0, 0.1) is 0 Å². The Labute approximate surface area is 168 Å². The Balaban J connectivity index is 1.63. The van der Waals surface area contributed by atoms with Gasteiger partial charge in [0.15, 0.2) is 0 Å². The number of hydrogen-bond acceptors (Lipinski definition) is 4. The van der Waals surface area contributed by atoms with Crippen molar-refractivity contribution in [2.45, 2.75) is 25.7 Å². The number of thiophene rings is 1. The summed E-state index contributed by atoms with van der Waals surface area (Å²) in [6, 6.07) is 19.8. The van der Waals surface area contributed by atoms with Crippen molar-refractivity contribution in [1.29, 1.82) is 0 Å². The number of hydrogen-bond donors (Lipinski definition) is 2. The van der Waals surface area contributed by atoms with Gasteiger partial charge in [0.25, 0.3) is 0 Å². The maximum atomic E-state index is 12.7. The van der Waals surface area contributed by atoms with Crippen LogP contribution < -0.4 is 5.32 Å². The molecule has 3 rings (SSSR count). The van der Waals surface area contributed by atoms with Crippen LogP contribution in [-0.2, 0) is 16.6 Å². The molecule has 0 saturated heterocycles. The molecule has 28 heavy (non-hydrogen) atoms. The Morgan fingerprint density at radius 1 is 0.964 bits per heavy atom. The fraction of sp³-hybridized carbons (Fsp3) is 0.217. The topological polar surface area (TPSA) is 66.4 Å². The molecule has 0 fully saturated rings. The van der Waals surface area contributed by atoms with Crippen molar-refractivity contribution in [1.82, 2.24) is 5.32 Å². The molecule has 0 atom stereocenters. The van der Waals surface area contributed by atoms with Crippen LogP contribution in [0.25, 0.3) is 0 Å². The Hall–Kier alpha value is -2.92. The minimum Gasteiger partial charge on any atom is -0.508 e. The molecule has 0 aliphatic carbocycles. The zero-order valence-corrected chi connectivity index (χ0v) is 16.8. The Morgan fingerprint density at radius 2 is 1.64 bits per heavy atom. The Bertz CT molecular complexity index is 959. The van der Waals surface area contributed by atoms with Crippen molar-refractivity contribution < 1.29 is 14.7 Å². The number of benzene rings is 2. The summed E-state index contributed by atoms with van der Waals surface area (Å²) >= 11 is 1.36. The van der Waals surface area contributed by atoms with Crippen molar-refractivity contribution in [3.8, 4) is 5.75 Å². The van der Waals surface area contributed by atoms with Crippen molar-refractivity contribution >= 4 is 23.0 Å². The number of carbonyl (C=O) groups excluding carboxylic acids is 2. The van der Waals surface area contributed by atoms with Gasteiger partial charge in [-0.25, -0.2) is 0 Å². The zero-order chi connectivity index (χ0) is 20.1. The normalized spacial score (nSPS) is 11.2. The Kier molecular flexibility index (Phi) is 5.95. The molecule has 144 valence electrons. The van der Waals surface area contributed by atoms with Gasteiger partial charge in [0.2, 0.25) is 11.7 Å². The van der Waals surface area contributed by atoms with Crippen LogP contribution in [0.5, 0.6) is 5.75 Å². The van der Waals surface area contributed by atoms with E-state index in [1.54, 1.807) is 30.3 Å². The highest BCUT2D eigenvalue weighted by molar-refractivity contribution is 7.14. The standard InChI is InChI=1S/C23H23NO3S/c1-23(2,22(27)24-15-14-16-8-10-18(25)11-9-16)20-13-12-19(28-20)21(26)17-6-4-3-5-7-17/h3-13,25H,14-15H2,1-2H3,(H,24,27). The van der Waals surface area contributed by atoms with Crippen molar-refractivity contribution in [2.24, 2.45) is 0 Å². The summed E-state index contributed by atoms with van der Waals surface area (Å²) in [7, 11) is 0. The van der Waals surface area contributed by atoms with Gasteiger partial charge in [-0.1, -0.05) is 42.5 Å². The van der Waals surface area contributed by atoms with E-state index in [1.165, 1.54) is 11.3 Å². The lowest BCUT2D eigenvalue weighted by molar-refractivity contribution is -0.125. The fourth-order valence-electron chi connectivity index (χ4n) is 2.84. The average molecular weight is 394 g/mol. The van der Waals surface area contributed by atoms with Crippen molar-refractivity contribution in [3.05, 3.63) is 87.6 Å². The van der Waals surface area contributed by atoms with Crippen molar-refractivity contribution in [2.75, 3.05) is 6.54 Å². The number of phenolic OH excluding ortho intramolecular Hbond substituents is 1. The quantitative estimate of drug-likeness (QED) is 0.588. The van der Waals surface area contributed by atoms with E-state index >= 15 is 0 Å². The lowest BCUT2D eigenvalue weighted by Gasteiger charge is -2.22. The van der Waals surface area contributed by atoms with E-state index in [2.05, 4.69) is 5.32 Å². The largest absolute Gasteiger partial charge is 0.508 e. The van der Waals surface area contributed by atoms with E-state index < -0.39 is 5.41 Å². The molecule has 0 bridgehead atoms. The highest BCUT2D eigenvalue weighted by Crippen LogP contribution is 2.31. The Morgan fingerprint density at radius 3 is 2.32 bits per heavy atom. The summed E-state index contributed by atoms with van der Waals surface area (Å²) in [5, 5.41) is 12.3.